The van der Waals surface area contributed by atoms with Gasteiger partial charge in [0.15, 0.2) is 0 Å². The predicted molar refractivity (Wildman–Crippen MR) is 80.7 cm³/mol. The SMILES string of the molecule is CCC(N)C(Oc1cc(C#N)ccc1C)c1cnn(C)c1. The molecule has 2 rings (SSSR count). The fraction of sp³-hybridized carbons (Fsp3) is 0.375. The summed E-state index contributed by atoms with van der Waals surface area (Å²) in [4.78, 5) is 0. The van der Waals surface area contributed by atoms with Crippen molar-refractivity contribution >= 4 is 0 Å². The number of benzene rings is 1. The Morgan fingerprint density at radius 2 is 2.24 bits per heavy atom. The van der Waals surface area contributed by atoms with Crippen molar-refractivity contribution in [1.82, 2.24) is 9.78 Å². The summed E-state index contributed by atoms with van der Waals surface area (Å²) < 4.78 is 7.84. The second-order valence-corrected chi connectivity index (χ2v) is 5.15. The number of nitriles is 1. The lowest BCUT2D eigenvalue weighted by Gasteiger charge is -2.24. The topological polar surface area (TPSA) is 76.9 Å². The fourth-order valence-electron chi connectivity index (χ4n) is 2.14. The maximum Gasteiger partial charge on any atom is 0.142 e. The quantitative estimate of drug-likeness (QED) is 0.915. The molecule has 1 heterocycles. The summed E-state index contributed by atoms with van der Waals surface area (Å²) in [6, 6.07) is 7.40. The Bertz CT molecular complexity index is 657. The van der Waals surface area contributed by atoms with Crippen LogP contribution >= 0.6 is 0 Å². The normalized spacial score (nSPS) is 13.5. The van der Waals surface area contributed by atoms with Crippen LogP contribution in [0.1, 0.15) is 36.1 Å². The third-order valence-electron chi connectivity index (χ3n) is 3.48. The molecule has 0 saturated heterocycles. The molecule has 0 amide bonds. The minimum atomic E-state index is -0.281. The van der Waals surface area contributed by atoms with Gasteiger partial charge in [0.1, 0.15) is 11.9 Å². The van der Waals surface area contributed by atoms with E-state index in [2.05, 4.69) is 11.2 Å². The second kappa shape index (κ2) is 6.42. The van der Waals surface area contributed by atoms with Crippen LogP contribution in [0.2, 0.25) is 0 Å². The van der Waals surface area contributed by atoms with Gasteiger partial charge in [-0.05, 0) is 31.0 Å². The Morgan fingerprint density at radius 3 is 2.81 bits per heavy atom. The third-order valence-corrected chi connectivity index (χ3v) is 3.48. The Hall–Kier alpha value is -2.32. The summed E-state index contributed by atoms with van der Waals surface area (Å²) in [5.74, 6) is 0.687. The number of aromatic nitrogens is 2. The molecule has 0 aliphatic heterocycles. The van der Waals surface area contributed by atoms with Crippen LogP contribution in [0, 0.1) is 18.3 Å². The van der Waals surface area contributed by atoms with Gasteiger partial charge in [-0.1, -0.05) is 13.0 Å². The maximum absolute atomic E-state index is 9.02. The highest BCUT2D eigenvalue weighted by Gasteiger charge is 2.22. The van der Waals surface area contributed by atoms with Crippen molar-refractivity contribution in [1.29, 1.82) is 5.26 Å². The molecule has 5 nitrogen and oxygen atoms in total. The standard InChI is InChI=1S/C16H20N4O/c1-4-14(18)16(13-9-19-20(3)10-13)21-15-7-12(8-17)6-5-11(15)2/h5-7,9-10,14,16H,4,18H2,1-3H3. The molecule has 0 aliphatic carbocycles. The number of hydrogen-bond donors (Lipinski definition) is 1. The molecule has 2 atom stereocenters. The highest BCUT2D eigenvalue weighted by Crippen LogP contribution is 2.28. The largest absolute Gasteiger partial charge is 0.484 e. The number of nitrogens with two attached hydrogens (primary N) is 1. The van der Waals surface area contributed by atoms with Crippen molar-refractivity contribution in [3.05, 3.63) is 47.3 Å². The molecule has 2 aromatic rings. The lowest BCUT2D eigenvalue weighted by Crippen LogP contribution is -2.31. The van der Waals surface area contributed by atoms with E-state index in [1.807, 2.05) is 33.2 Å². The smallest absolute Gasteiger partial charge is 0.142 e. The average Bonchev–Trinajstić information content (AvgIpc) is 2.91. The molecule has 0 spiro atoms. The zero-order valence-electron chi connectivity index (χ0n) is 12.6. The van der Waals surface area contributed by atoms with E-state index < -0.39 is 0 Å². The summed E-state index contributed by atoms with van der Waals surface area (Å²) >= 11 is 0. The molecule has 110 valence electrons. The lowest BCUT2D eigenvalue weighted by molar-refractivity contribution is 0.170. The highest BCUT2D eigenvalue weighted by molar-refractivity contribution is 5.42. The van der Waals surface area contributed by atoms with E-state index in [-0.39, 0.29) is 12.1 Å². The van der Waals surface area contributed by atoms with Crippen LogP contribution in [0.3, 0.4) is 0 Å². The summed E-state index contributed by atoms with van der Waals surface area (Å²) in [7, 11) is 1.86. The fourth-order valence-corrected chi connectivity index (χ4v) is 2.14. The summed E-state index contributed by atoms with van der Waals surface area (Å²) in [5.41, 5.74) is 8.69. The van der Waals surface area contributed by atoms with Crippen molar-refractivity contribution in [3.63, 3.8) is 0 Å². The van der Waals surface area contributed by atoms with Crippen LogP contribution in [0.4, 0.5) is 0 Å². The van der Waals surface area contributed by atoms with Crippen molar-refractivity contribution in [3.8, 4) is 11.8 Å². The Morgan fingerprint density at radius 1 is 1.48 bits per heavy atom. The lowest BCUT2D eigenvalue weighted by atomic mass is 10.0. The Labute approximate surface area is 124 Å². The van der Waals surface area contributed by atoms with Crippen molar-refractivity contribution in [2.75, 3.05) is 0 Å². The first-order valence-electron chi connectivity index (χ1n) is 6.96. The van der Waals surface area contributed by atoms with Gasteiger partial charge in [0, 0.05) is 24.8 Å². The predicted octanol–water partition coefficient (Wildman–Crippen LogP) is 2.46. The second-order valence-electron chi connectivity index (χ2n) is 5.15. The van der Waals surface area contributed by atoms with Crippen LogP contribution in [0.25, 0.3) is 0 Å². The van der Waals surface area contributed by atoms with Crippen LogP contribution in [-0.4, -0.2) is 15.8 Å². The molecule has 0 saturated carbocycles. The summed E-state index contributed by atoms with van der Waals surface area (Å²) in [6.07, 6.45) is 4.18. The van der Waals surface area contributed by atoms with Crippen LogP contribution in [0.15, 0.2) is 30.6 Å². The van der Waals surface area contributed by atoms with E-state index in [1.54, 1.807) is 23.0 Å². The van der Waals surface area contributed by atoms with Gasteiger partial charge in [-0.2, -0.15) is 10.4 Å². The van der Waals surface area contributed by atoms with Crippen molar-refractivity contribution in [2.24, 2.45) is 12.8 Å². The molecular formula is C16H20N4O. The molecule has 5 heteroatoms. The van der Waals surface area contributed by atoms with Crippen molar-refractivity contribution < 1.29 is 4.74 Å². The first-order chi connectivity index (χ1) is 10.0. The highest BCUT2D eigenvalue weighted by atomic mass is 16.5. The van der Waals surface area contributed by atoms with Gasteiger partial charge in [0.25, 0.3) is 0 Å². The van der Waals surface area contributed by atoms with Crippen LogP contribution < -0.4 is 10.5 Å². The molecule has 2 unspecified atom stereocenters. The average molecular weight is 284 g/mol. The van der Waals surface area contributed by atoms with Gasteiger partial charge in [-0.25, -0.2) is 0 Å². The molecule has 1 aromatic heterocycles. The zero-order chi connectivity index (χ0) is 15.4. The van der Waals surface area contributed by atoms with E-state index in [0.29, 0.717) is 11.3 Å². The molecule has 1 aromatic carbocycles. The van der Waals surface area contributed by atoms with Gasteiger partial charge >= 0.3 is 0 Å². The molecular weight excluding hydrogens is 264 g/mol. The zero-order valence-corrected chi connectivity index (χ0v) is 12.6. The monoisotopic (exact) mass is 284 g/mol. The van der Waals surface area contributed by atoms with Gasteiger partial charge in [0.2, 0.25) is 0 Å². The number of ether oxygens (including phenoxy) is 1. The van der Waals surface area contributed by atoms with E-state index in [1.165, 1.54) is 0 Å². The number of rotatable bonds is 5. The first-order valence-corrected chi connectivity index (χ1v) is 6.96. The number of aryl methyl sites for hydroxylation is 2. The molecule has 0 radical (unpaired) electrons. The minimum Gasteiger partial charge on any atom is -0.484 e. The van der Waals surface area contributed by atoms with Crippen LogP contribution in [0.5, 0.6) is 5.75 Å². The molecule has 0 fully saturated rings. The van der Waals surface area contributed by atoms with E-state index in [4.69, 9.17) is 15.7 Å². The third kappa shape index (κ3) is 3.41. The molecule has 2 N–H and O–H groups in total. The van der Waals surface area contributed by atoms with Gasteiger partial charge in [-0.3, -0.25) is 4.68 Å². The molecule has 0 bridgehead atoms. The van der Waals surface area contributed by atoms with E-state index >= 15 is 0 Å². The molecule has 0 aliphatic rings. The maximum atomic E-state index is 9.02. The van der Waals surface area contributed by atoms with Crippen molar-refractivity contribution in [2.45, 2.75) is 32.4 Å². The summed E-state index contributed by atoms with van der Waals surface area (Å²) in [6.45, 7) is 3.98. The van der Waals surface area contributed by atoms with Gasteiger partial charge in [-0.15, -0.1) is 0 Å². The number of hydrogen-bond acceptors (Lipinski definition) is 4. The van der Waals surface area contributed by atoms with Gasteiger partial charge < -0.3 is 10.5 Å². The van der Waals surface area contributed by atoms with E-state index in [9.17, 15) is 0 Å². The molecule has 21 heavy (non-hydrogen) atoms. The van der Waals surface area contributed by atoms with E-state index in [0.717, 1.165) is 17.5 Å². The minimum absolute atomic E-state index is 0.139. The Kier molecular flexibility index (Phi) is 4.61. The summed E-state index contributed by atoms with van der Waals surface area (Å²) in [5, 5.41) is 13.2. The number of nitrogens with zero attached hydrogens (tertiary/aromatic N) is 3. The van der Waals surface area contributed by atoms with Gasteiger partial charge in [0.05, 0.1) is 17.8 Å². The first kappa shape index (κ1) is 15.1. The Balaban J connectivity index is 2.33. The van der Waals surface area contributed by atoms with Crippen LogP contribution in [-0.2, 0) is 7.05 Å².